The summed E-state index contributed by atoms with van der Waals surface area (Å²) in [5, 5.41) is 0. The molecule has 0 amide bonds. The Morgan fingerprint density at radius 2 is 2.11 bits per heavy atom. The number of nitrogens with two attached hydrogens (primary N) is 1. The Morgan fingerprint density at radius 1 is 1.42 bits per heavy atom. The minimum atomic E-state index is -3.87. The lowest BCUT2D eigenvalue weighted by Gasteiger charge is -2.27. The fraction of sp³-hybridized carbons (Fsp3) is 0.538. The maximum absolute atomic E-state index is 13.7. The van der Waals surface area contributed by atoms with Gasteiger partial charge < -0.3 is 5.73 Å². The predicted octanol–water partition coefficient (Wildman–Crippen LogP) is 2.26. The van der Waals surface area contributed by atoms with Crippen molar-refractivity contribution in [1.29, 1.82) is 0 Å². The van der Waals surface area contributed by atoms with E-state index in [2.05, 4.69) is 4.72 Å². The van der Waals surface area contributed by atoms with Gasteiger partial charge in [-0.05, 0) is 36.5 Å². The second kappa shape index (κ2) is 4.76. The first-order chi connectivity index (χ1) is 8.72. The zero-order valence-electron chi connectivity index (χ0n) is 11.1. The minimum Gasteiger partial charge on any atom is -0.399 e. The van der Waals surface area contributed by atoms with Crippen LogP contribution in [0.4, 0.5) is 10.1 Å². The minimum absolute atomic E-state index is 0.107. The zero-order chi connectivity index (χ0) is 14.3. The Bertz CT molecular complexity index is 584. The van der Waals surface area contributed by atoms with Gasteiger partial charge in [0.25, 0.3) is 0 Å². The van der Waals surface area contributed by atoms with Gasteiger partial charge in [-0.15, -0.1) is 0 Å². The molecule has 1 aromatic carbocycles. The number of sulfonamides is 1. The van der Waals surface area contributed by atoms with Gasteiger partial charge in [-0.25, -0.2) is 17.5 Å². The quantitative estimate of drug-likeness (QED) is 0.837. The Kier molecular flexibility index (Phi) is 3.57. The van der Waals surface area contributed by atoms with E-state index < -0.39 is 15.8 Å². The number of halogens is 1. The van der Waals surface area contributed by atoms with Crippen LogP contribution in [-0.2, 0) is 10.0 Å². The summed E-state index contributed by atoms with van der Waals surface area (Å²) in [4.78, 5) is -0.379. The summed E-state index contributed by atoms with van der Waals surface area (Å²) in [6, 6.07) is 3.40. The maximum atomic E-state index is 13.7. The number of nitrogens with one attached hydrogen (secondary N) is 1. The molecule has 1 saturated carbocycles. The Balaban J connectivity index is 2.31. The molecule has 0 heterocycles. The molecule has 1 unspecified atom stereocenters. The zero-order valence-corrected chi connectivity index (χ0v) is 11.9. The highest BCUT2D eigenvalue weighted by Crippen LogP contribution is 2.38. The molecule has 3 N–H and O–H groups in total. The van der Waals surface area contributed by atoms with Crippen molar-refractivity contribution in [3.8, 4) is 0 Å². The van der Waals surface area contributed by atoms with Crippen molar-refractivity contribution < 1.29 is 12.8 Å². The summed E-state index contributed by atoms with van der Waals surface area (Å²) in [5.74, 6) is -0.780. The predicted molar refractivity (Wildman–Crippen MR) is 72.6 cm³/mol. The highest BCUT2D eigenvalue weighted by Gasteiger charge is 2.37. The standard InChI is InChI=1S/C13H19FN2O2S/c1-13(2)7-3-4-12(13)16-19(17,18)11-8-9(15)5-6-10(11)14/h5-6,8,12,16H,3-4,7,15H2,1-2H3. The average Bonchev–Trinajstić information content (AvgIpc) is 2.61. The van der Waals surface area contributed by atoms with Crippen molar-refractivity contribution in [3.05, 3.63) is 24.0 Å². The van der Waals surface area contributed by atoms with E-state index in [0.717, 1.165) is 31.4 Å². The first kappa shape index (κ1) is 14.3. The van der Waals surface area contributed by atoms with Gasteiger partial charge in [0.05, 0.1) is 0 Å². The first-order valence-electron chi connectivity index (χ1n) is 6.30. The van der Waals surface area contributed by atoms with Gasteiger partial charge in [0.1, 0.15) is 10.7 Å². The van der Waals surface area contributed by atoms with E-state index in [4.69, 9.17) is 5.73 Å². The number of hydrogen-bond acceptors (Lipinski definition) is 3. The molecule has 1 atom stereocenters. The van der Waals surface area contributed by atoms with Gasteiger partial charge in [0.15, 0.2) is 0 Å². The van der Waals surface area contributed by atoms with Crippen molar-refractivity contribution in [2.24, 2.45) is 5.41 Å². The van der Waals surface area contributed by atoms with Gasteiger partial charge in [0.2, 0.25) is 10.0 Å². The van der Waals surface area contributed by atoms with Crippen molar-refractivity contribution in [2.45, 2.75) is 44.0 Å². The van der Waals surface area contributed by atoms with Crippen LogP contribution in [0.5, 0.6) is 0 Å². The highest BCUT2D eigenvalue weighted by molar-refractivity contribution is 7.89. The van der Waals surface area contributed by atoms with E-state index in [1.54, 1.807) is 0 Å². The molecule has 106 valence electrons. The number of rotatable bonds is 3. The van der Waals surface area contributed by atoms with Gasteiger partial charge in [0, 0.05) is 11.7 Å². The van der Waals surface area contributed by atoms with E-state index in [0.29, 0.717) is 0 Å². The third-order valence-corrected chi connectivity index (χ3v) is 5.29. The SMILES string of the molecule is CC1(C)CCCC1NS(=O)(=O)c1cc(N)ccc1F. The van der Waals surface area contributed by atoms with Crippen LogP contribution in [0.15, 0.2) is 23.1 Å². The molecule has 6 heteroatoms. The summed E-state index contributed by atoms with van der Waals surface area (Å²) >= 11 is 0. The van der Waals surface area contributed by atoms with E-state index in [1.165, 1.54) is 6.07 Å². The monoisotopic (exact) mass is 286 g/mol. The van der Waals surface area contributed by atoms with Gasteiger partial charge in [-0.3, -0.25) is 0 Å². The highest BCUT2D eigenvalue weighted by atomic mass is 32.2. The van der Waals surface area contributed by atoms with Gasteiger partial charge in [-0.1, -0.05) is 20.3 Å². The molecule has 1 aromatic rings. The lowest BCUT2D eigenvalue weighted by Crippen LogP contribution is -2.41. The number of benzene rings is 1. The molecule has 0 saturated heterocycles. The molecule has 0 bridgehead atoms. The molecule has 1 aliphatic rings. The van der Waals surface area contributed by atoms with E-state index in [9.17, 15) is 12.8 Å². The molecular formula is C13H19FN2O2S. The smallest absolute Gasteiger partial charge is 0.243 e. The Labute approximate surface area is 113 Å². The lowest BCUT2D eigenvalue weighted by molar-refractivity contribution is 0.312. The van der Waals surface area contributed by atoms with Crippen LogP contribution in [0.1, 0.15) is 33.1 Å². The molecule has 1 aliphatic carbocycles. The Hall–Kier alpha value is -1.14. The average molecular weight is 286 g/mol. The van der Waals surface area contributed by atoms with Crippen LogP contribution in [0.25, 0.3) is 0 Å². The number of anilines is 1. The summed E-state index contributed by atoms with van der Waals surface area (Å²) in [7, 11) is -3.87. The fourth-order valence-corrected chi connectivity index (χ4v) is 4.08. The Morgan fingerprint density at radius 3 is 2.68 bits per heavy atom. The first-order valence-corrected chi connectivity index (χ1v) is 7.78. The van der Waals surface area contributed by atoms with Crippen molar-refractivity contribution in [2.75, 3.05) is 5.73 Å². The second-order valence-corrected chi connectivity index (χ2v) is 7.43. The number of hydrogen-bond donors (Lipinski definition) is 2. The molecule has 0 radical (unpaired) electrons. The molecule has 2 rings (SSSR count). The van der Waals surface area contributed by atoms with Gasteiger partial charge in [-0.2, -0.15) is 0 Å². The van der Waals surface area contributed by atoms with E-state index in [1.807, 2.05) is 13.8 Å². The molecule has 0 aliphatic heterocycles. The summed E-state index contributed by atoms with van der Waals surface area (Å²) in [6.07, 6.45) is 2.70. The topological polar surface area (TPSA) is 72.2 Å². The van der Waals surface area contributed by atoms with Crippen LogP contribution in [-0.4, -0.2) is 14.5 Å². The van der Waals surface area contributed by atoms with E-state index in [-0.39, 0.29) is 22.0 Å². The molecule has 1 fully saturated rings. The summed E-state index contributed by atoms with van der Waals surface area (Å²) < 4.78 is 40.7. The molecule has 19 heavy (non-hydrogen) atoms. The number of nitrogen functional groups attached to an aromatic ring is 1. The molecule has 0 aromatic heterocycles. The lowest BCUT2D eigenvalue weighted by atomic mass is 9.88. The van der Waals surface area contributed by atoms with Crippen LogP contribution in [0, 0.1) is 11.2 Å². The van der Waals surface area contributed by atoms with Crippen LogP contribution in [0.2, 0.25) is 0 Å². The summed E-state index contributed by atoms with van der Waals surface area (Å²) in [5.41, 5.74) is 5.65. The largest absolute Gasteiger partial charge is 0.399 e. The normalized spacial score (nSPS) is 22.6. The molecule has 4 nitrogen and oxygen atoms in total. The van der Waals surface area contributed by atoms with Crippen LogP contribution in [0.3, 0.4) is 0 Å². The van der Waals surface area contributed by atoms with Crippen molar-refractivity contribution >= 4 is 15.7 Å². The van der Waals surface area contributed by atoms with Crippen molar-refractivity contribution in [3.63, 3.8) is 0 Å². The fourth-order valence-electron chi connectivity index (χ4n) is 2.52. The van der Waals surface area contributed by atoms with E-state index >= 15 is 0 Å². The third-order valence-electron chi connectivity index (χ3n) is 3.80. The second-order valence-electron chi connectivity index (χ2n) is 5.74. The maximum Gasteiger partial charge on any atom is 0.243 e. The molecular weight excluding hydrogens is 267 g/mol. The van der Waals surface area contributed by atoms with Gasteiger partial charge >= 0.3 is 0 Å². The van der Waals surface area contributed by atoms with Crippen LogP contribution >= 0.6 is 0 Å². The molecule has 0 spiro atoms. The third kappa shape index (κ3) is 2.90. The van der Waals surface area contributed by atoms with Crippen LogP contribution < -0.4 is 10.5 Å². The summed E-state index contributed by atoms with van der Waals surface area (Å²) in [6.45, 7) is 4.03. The van der Waals surface area contributed by atoms with Crippen molar-refractivity contribution in [1.82, 2.24) is 4.72 Å².